The van der Waals surface area contributed by atoms with Crippen molar-refractivity contribution in [3.63, 3.8) is 0 Å². The summed E-state index contributed by atoms with van der Waals surface area (Å²) in [4.78, 5) is 21.9. The minimum Gasteiger partial charge on any atom is -0.491 e. The van der Waals surface area contributed by atoms with Crippen molar-refractivity contribution in [3.05, 3.63) is 83.6 Å². The first kappa shape index (κ1) is 23.7. The Bertz CT molecular complexity index is 1490. The second kappa shape index (κ2) is 10.7. The molecule has 5 aromatic rings. The van der Waals surface area contributed by atoms with E-state index >= 15 is 0 Å². The molecule has 0 bridgehead atoms. The first-order valence-corrected chi connectivity index (χ1v) is 12.4. The van der Waals surface area contributed by atoms with Gasteiger partial charge < -0.3 is 14.8 Å². The van der Waals surface area contributed by atoms with Gasteiger partial charge in [0.1, 0.15) is 12.4 Å². The Hall–Kier alpha value is -4.08. The monoisotopic (exact) mass is 499 g/mol. The van der Waals surface area contributed by atoms with Crippen LogP contribution in [0.1, 0.15) is 11.4 Å². The normalized spacial score (nSPS) is 11.1. The van der Waals surface area contributed by atoms with Gasteiger partial charge in [-0.2, -0.15) is 5.10 Å². The van der Waals surface area contributed by atoms with Crippen molar-refractivity contribution in [2.75, 3.05) is 25.6 Å². The number of benzene rings is 2. The average molecular weight is 500 g/mol. The lowest BCUT2D eigenvalue weighted by Gasteiger charge is -2.08. The molecule has 1 N–H and O–H groups in total. The highest BCUT2D eigenvalue weighted by atomic mass is 32.1. The van der Waals surface area contributed by atoms with E-state index in [1.807, 2.05) is 73.1 Å². The van der Waals surface area contributed by atoms with Gasteiger partial charge >= 0.3 is 0 Å². The molecule has 0 aliphatic heterocycles. The fourth-order valence-electron chi connectivity index (χ4n) is 3.80. The van der Waals surface area contributed by atoms with Crippen molar-refractivity contribution in [1.82, 2.24) is 19.7 Å². The highest BCUT2D eigenvalue weighted by molar-refractivity contribution is 7.16. The Balaban J connectivity index is 1.37. The first-order chi connectivity index (χ1) is 17.6. The zero-order chi connectivity index (χ0) is 24.9. The molecular formula is C27H25N5O3S. The molecule has 8 nitrogen and oxygen atoms in total. The van der Waals surface area contributed by atoms with Gasteiger partial charge in [0.25, 0.3) is 0 Å². The number of thiazole rings is 1. The minimum atomic E-state index is -0.158. The van der Waals surface area contributed by atoms with E-state index in [1.54, 1.807) is 23.1 Å². The molecule has 0 atom stereocenters. The van der Waals surface area contributed by atoms with E-state index < -0.39 is 0 Å². The van der Waals surface area contributed by atoms with Crippen LogP contribution in [-0.2, 0) is 16.0 Å². The molecule has 5 rings (SSSR count). The van der Waals surface area contributed by atoms with E-state index in [2.05, 4.69) is 21.4 Å². The lowest BCUT2D eigenvalue weighted by molar-refractivity contribution is -0.115. The third-order valence-electron chi connectivity index (χ3n) is 5.51. The maximum Gasteiger partial charge on any atom is 0.230 e. The third kappa shape index (κ3) is 5.42. The predicted molar refractivity (Wildman–Crippen MR) is 141 cm³/mol. The van der Waals surface area contributed by atoms with Crippen molar-refractivity contribution in [2.24, 2.45) is 0 Å². The van der Waals surface area contributed by atoms with E-state index in [9.17, 15) is 4.79 Å². The quantitative estimate of drug-likeness (QED) is 0.285. The number of nitrogens with one attached hydrogen (secondary N) is 1. The van der Waals surface area contributed by atoms with Crippen LogP contribution in [0.2, 0.25) is 0 Å². The maximum atomic E-state index is 12.8. The summed E-state index contributed by atoms with van der Waals surface area (Å²) in [7, 11) is 1.63. The number of amides is 1. The van der Waals surface area contributed by atoms with Crippen LogP contribution < -0.4 is 10.1 Å². The van der Waals surface area contributed by atoms with Gasteiger partial charge in [-0.15, -0.1) is 11.3 Å². The highest BCUT2D eigenvalue weighted by Gasteiger charge is 2.16. The summed E-state index contributed by atoms with van der Waals surface area (Å²) in [5, 5.41) is 7.68. The van der Waals surface area contributed by atoms with Crippen molar-refractivity contribution in [3.8, 4) is 22.8 Å². The van der Waals surface area contributed by atoms with Gasteiger partial charge in [-0.3, -0.25) is 4.79 Å². The molecule has 9 heteroatoms. The molecular weight excluding hydrogens is 474 g/mol. The van der Waals surface area contributed by atoms with Gasteiger partial charge in [-0.05, 0) is 61.5 Å². The lowest BCUT2D eigenvalue weighted by atomic mass is 10.1. The Morgan fingerprint density at radius 3 is 2.72 bits per heavy atom. The summed E-state index contributed by atoms with van der Waals surface area (Å²) >= 11 is 1.59. The molecule has 0 aliphatic rings. The standard InChI is InChI=1S/C27H25N5O3S/c1-18-4-3-5-26(29-18)32-24(19-6-11-23-25(14-19)36-17-28-23)15-21(31-32)16-27(33)30-20-7-9-22(10-8-20)35-13-12-34-2/h3-11,14-15,17H,12-13,16H2,1-2H3,(H,30,33). The Labute approximate surface area is 212 Å². The molecule has 0 unspecified atom stereocenters. The fraction of sp³-hybridized carbons (Fsp3) is 0.185. The number of hydrogen-bond acceptors (Lipinski definition) is 7. The Morgan fingerprint density at radius 1 is 1.06 bits per heavy atom. The first-order valence-electron chi connectivity index (χ1n) is 11.5. The summed E-state index contributed by atoms with van der Waals surface area (Å²) in [6.45, 7) is 2.93. The van der Waals surface area contributed by atoms with Gasteiger partial charge in [0.15, 0.2) is 5.82 Å². The number of rotatable bonds is 9. The van der Waals surface area contributed by atoms with Crippen molar-refractivity contribution >= 4 is 33.1 Å². The molecule has 2 aromatic carbocycles. The van der Waals surface area contributed by atoms with Crippen LogP contribution in [-0.4, -0.2) is 46.0 Å². The number of pyridine rings is 1. The predicted octanol–water partition coefficient (Wildman–Crippen LogP) is 5.06. The van der Waals surface area contributed by atoms with E-state index in [-0.39, 0.29) is 12.3 Å². The topological polar surface area (TPSA) is 91.2 Å². The van der Waals surface area contributed by atoms with Crippen molar-refractivity contribution < 1.29 is 14.3 Å². The van der Waals surface area contributed by atoms with Gasteiger partial charge in [-0.25, -0.2) is 14.6 Å². The van der Waals surface area contributed by atoms with E-state index in [1.165, 1.54) is 0 Å². The number of nitrogens with zero attached hydrogens (tertiary/aromatic N) is 4. The number of anilines is 1. The number of ether oxygens (including phenoxy) is 2. The molecule has 0 saturated carbocycles. The second-order valence-electron chi connectivity index (χ2n) is 8.20. The SMILES string of the molecule is COCCOc1ccc(NC(=O)Cc2cc(-c3ccc4ncsc4c3)n(-c3cccc(C)n3)n2)cc1. The lowest BCUT2D eigenvalue weighted by Crippen LogP contribution is -2.15. The van der Waals surface area contributed by atoms with Gasteiger partial charge in [-0.1, -0.05) is 12.1 Å². The van der Waals surface area contributed by atoms with E-state index in [0.29, 0.717) is 30.4 Å². The van der Waals surface area contributed by atoms with Crippen molar-refractivity contribution in [2.45, 2.75) is 13.3 Å². The van der Waals surface area contributed by atoms with Crippen LogP contribution in [0.15, 0.2) is 72.2 Å². The molecule has 3 aromatic heterocycles. The van der Waals surface area contributed by atoms with E-state index in [0.717, 1.165) is 32.9 Å². The molecule has 0 spiro atoms. The molecule has 0 radical (unpaired) electrons. The summed E-state index contributed by atoms with van der Waals surface area (Å²) < 4.78 is 13.4. The smallest absolute Gasteiger partial charge is 0.230 e. The number of aromatic nitrogens is 4. The summed E-state index contributed by atoms with van der Waals surface area (Å²) in [5.41, 5.74) is 6.87. The van der Waals surface area contributed by atoms with Crippen LogP contribution in [0, 0.1) is 6.92 Å². The molecule has 182 valence electrons. The zero-order valence-corrected chi connectivity index (χ0v) is 20.8. The van der Waals surface area contributed by atoms with Crippen LogP contribution in [0.5, 0.6) is 5.75 Å². The summed E-state index contributed by atoms with van der Waals surface area (Å²) in [6.07, 6.45) is 0.126. The zero-order valence-electron chi connectivity index (χ0n) is 20.0. The molecule has 0 saturated heterocycles. The number of methoxy groups -OCH3 is 1. The van der Waals surface area contributed by atoms with E-state index in [4.69, 9.17) is 14.6 Å². The molecule has 0 fully saturated rings. The molecule has 36 heavy (non-hydrogen) atoms. The third-order valence-corrected chi connectivity index (χ3v) is 6.31. The van der Waals surface area contributed by atoms with Gasteiger partial charge in [0, 0.05) is 24.1 Å². The van der Waals surface area contributed by atoms with Crippen LogP contribution in [0.3, 0.4) is 0 Å². The van der Waals surface area contributed by atoms with Crippen LogP contribution in [0.4, 0.5) is 5.69 Å². The number of fused-ring (bicyclic) bond motifs is 1. The van der Waals surface area contributed by atoms with Gasteiger partial charge in [0.05, 0.1) is 40.1 Å². The largest absolute Gasteiger partial charge is 0.491 e. The highest BCUT2D eigenvalue weighted by Crippen LogP contribution is 2.29. The number of aryl methyl sites for hydroxylation is 1. The molecule has 0 aliphatic carbocycles. The fourth-order valence-corrected chi connectivity index (χ4v) is 4.52. The van der Waals surface area contributed by atoms with Crippen LogP contribution in [0.25, 0.3) is 27.3 Å². The second-order valence-corrected chi connectivity index (χ2v) is 9.08. The summed E-state index contributed by atoms with van der Waals surface area (Å²) in [5.74, 6) is 1.26. The van der Waals surface area contributed by atoms with Crippen molar-refractivity contribution in [1.29, 1.82) is 0 Å². The maximum absolute atomic E-state index is 12.8. The summed E-state index contributed by atoms with van der Waals surface area (Å²) in [6, 6.07) is 21.1. The molecule has 1 amide bonds. The van der Waals surface area contributed by atoms with Crippen LogP contribution >= 0.6 is 11.3 Å². The number of carbonyl (C=O) groups is 1. The Kier molecular flexibility index (Phi) is 7.01. The van der Waals surface area contributed by atoms with Gasteiger partial charge in [0.2, 0.25) is 5.91 Å². The molecule has 3 heterocycles. The number of hydrogen-bond donors (Lipinski definition) is 1. The average Bonchev–Trinajstić information content (AvgIpc) is 3.52. The Morgan fingerprint density at radius 2 is 1.92 bits per heavy atom. The number of carbonyl (C=O) groups excluding carboxylic acids is 1. The minimum absolute atomic E-state index is 0.126.